The number of pyridine rings is 1. The van der Waals surface area contributed by atoms with Crippen LogP contribution in [0.4, 0.5) is 13.2 Å². The molecule has 0 bridgehead atoms. The van der Waals surface area contributed by atoms with Crippen molar-refractivity contribution in [3.8, 4) is 22.2 Å². The number of rotatable bonds is 3. The summed E-state index contributed by atoms with van der Waals surface area (Å²) < 4.78 is 43.0. The Kier molecular flexibility index (Phi) is 3.69. The first-order valence-electron chi connectivity index (χ1n) is 5.87. The summed E-state index contributed by atoms with van der Waals surface area (Å²) in [5, 5.41) is 3.25. The molecule has 0 radical (unpaired) electrons. The maximum Gasteiger partial charge on any atom is 0.425 e. The monoisotopic (exact) mass is 327 g/mol. The molecular weight excluding hydrogens is 319 g/mol. The molecule has 0 fully saturated rings. The van der Waals surface area contributed by atoms with E-state index < -0.39 is 11.1 Å². The molecule has 0 amide bonds. The van der Waals surface area contributed by atoms with Crippen LogP contribution in [0.2, 0.25) is 0 Å². The van der Waals surface area contributed by atoms with E-state index in [0.29, 0.717) is 11.3 Å². The van der Waals surface area contributed by atoms with Crippen LogP contribution in [0.3, 0.4) is 0 Å². The Hall–Kier alpha value is -1.86. The van der Waals surface area contributed by atoms with E-state index in [1.807, 2.05) is 23.6 Å². The second-order valence-electron chi connectivity index (χ2n) is 4.08. The fourth-order valence-electron chi connectivity index (χ4n) is 1.67. The minimum absolute atomic E-state index is 0.142. The SMILES string of the molecule is FC(F)(F)c1cc(Oc2cccc(-c3cccs3)n2)cs1. The van der Waals surface area contributed by atoms with E-state index in [1.54, 1.807) is 12.1 Å². The Bertz CT molecular complexity index is 735. The van der Waals surface area contributed by atoms with Gasteiger partial charge in [-0.05, 0) is 17.5 Å². The molecular formula is C14H8F3NOS2. The van der Waals surface area contributed by atoms with Crippen molar-refractivity contribution in [2.75, 3.05) is 0 Å². The molecule has 7 heteroatoms. The van der Waals surface area contributed by atoms with Crippen LogP contribution < -0.4 is 4.74 Å². The van der Waals surface area contributed by atoms with Gasteiger partial charge in [0.05, 0.1) is 10.6 Å². The van der Waals surface area contributed by atoms with E-state index in [-0.39, 0.29) is 11.6 Å². The minimum Gasteiger partial charge on any atom is -0.438 e. The second-order valence-corrected chi connectivity index (χ2v) is 5.94. The van der Waals surface area contributed by atoms with Gasteiger partial charge in [0, 0.05) is 17.5 Å². The molecule has 3 heterocycles. The highest BCUT2D eigenvalue weighted by molar-refractivity contribution is 7.13. The van der Waals surface area contributed by atoms with E-state index in [4.69, 9.17) is 4.74 Å². The van der Waals surface area contributed by atoms with Gasteiger partial charge in [-0.3, -0.25) is 0 Å². The molecule has 3 rings (SSSR count). The topological polar surface area (TPSA) is 22.1 Å². The molecule has 108 valence electrons. The number of alkyl halides is 3. The van der Waals surface area contributed by atoms with Crippen molar-refractivity contribution >= 4 is 22.7 Å². The lowest BCUT2D eigenvalue weighted by Crippen LogP contribution is -2.00. The molecule has 0 unspecified atom stereocenters. The summed E-state index contributed by atoms with van der Waals surface area (Å²) in [4.78, 5) is 4.58. The zero-order valence-electron chi connectivity index (χ0n) is 10.4. The minimum atomic E-state index is -4.35. The Balaban J connectivity index is 1.82. The third-order valence-corrected chi connectivity index (χ3v) is 4.42. The van der Waals surface area contributed by atoms with Crippen molar-refractivity contribution in [3.63, 3.8) is 0 Å². The first-order valence-corrected chi connectivity index (χ1v) is 7.63. The summed E-state index contributed by atoms with van der Waals surface area (Å²) in [6.45, 7) is 0. The number of ether oxygens (including phenoxy) is 1. The third-order valence-electron chi connectivity index (χ3n) is 2.57. The number of thiophene rings is 2. The predicted molar refractivity (Wildman–Crippen MR) is 76.9 cm³/mol. The lowest BCUT2D eigenvalue weighted by atomic mass is 10.3. The highest BCUT2D eigenvalue weighted by Crippen LogP contribution is 2.37. The van der Waals surface area contributed by atoms with Gasteiger partial charge in [0.25, 0.3) is 0 Å². The van der Waals surface area contributed by atoms with Gasteiger partial charge in [0.2, 0.25) is 5.88 Å². The quantitative estimate of drug-likeness (QED) is 0.617. The zero-order chi connectivity index (χ0) is 14.9. The molecule has 0 atom stereocenters. The first kappa shape index (κ1) is 14.1. The lowest BCUT2D eigenvalue weighted by molar-refractivity contribution is -0.134. The molecule has 0 N–H and O–H groups in total. The summed E-state index contributed by atoms with van der Waals surface area (Å²) in [7, 11) is 0. The summed E-state index contributed by atoms with van der Waals surface area (Å²) in [5.41, 5.74) is 0.730. The summed E-state index contributed by atoms with van der Waals surface area (Å²) in [6, 6.07) is 10.0. The lowest BCUT2D eigenvalue weighted by Gasteiger charge is -2.04. The van der Waals surface area contributed by atoms with Gasteiger partial charge in [-0.2, -0.15) is 13.2 Å². The summed E-state index contributed by atoms with van der Waals surface area (Å²) in [6.07, 6.45) is -4.35. The first-order chi connectivity index (χ1) is 10.0. The van der Waals surface area contributed by atoms with Crippen LogP contribution in [0.15, 0.2) is 47.2 Å². The number of hydrogen-bond donors (Lipinski definition) is 0. The van der Waals surface area contributed by atoms with Gasteiger partial charge < -0.3 is 4.74 Å². The van der Waals surface area contributed by atoms with Crippen LogP contribution in [-0.4, -0.2) is 4.98 Å². The van der Waals surface area contributed by atoms with Gasteiger partial charge >= 0.3 is 6.18 Å². The molecule has 2 nitrogen and oxygen atoms in total. The zero-order valence-corrected chi connectivity index (χ0v) is 12.1. The Morgan fingerprint density at radius 3 is 2.57 bits per heavy atom. The van der Waals surface area contributed by atoms with Gasteiger partial charge in [0.15, 0.2) is 0 Å². The van der Waals surface area contributed by atoms with E-state index >= 15 is 0 Å². The largest absolute Gasteiger partial charge is 0.438 e. The molecule has 3 aromatic heterocycles. The molecule has 0 saturated heterocycles. The molecule has 0 saturated carbocycles. The van der Waals surface area contributed by atoms with E-state index in [0.717, 1.165) is 16.6 Å². The van der Waals surface area contributed by atoms with Crippen molar-refractivity contribution < 1.29 is 17.9 Å². The summed E-state index contributed by atoms with van der Waals surface area (Å²) >= 11 is 2.14. The number of nitrogens with zero attached hydrogens (tertiary/aromatic N) is 1. The van der Waals surface area contributed by atoms with Crippen molar-refractivity contribution in [3.05, 3.63) is 52.0 Å². The predicted octanol–water partition coefficient (Wildman–Crippen LogP) is 5.68. The molecule has 0 spiro atoms. The normalized spacial score (nSPS) is 11.6. The van der Waals surface area contributed by atoms with Crippen molar-refractivity contribution in [1.82, 2.24) is 4.98 Å². The van der Waals surface area contributed by atoms with Crippen LogP contribution in [0.1, 0.15) is 4.88 Å². The van der Waals surface area contributed by atoms with Crippen LogP contribution in [0.5, 0.6) is 11.6 Å². The standard InChI is InChI=1S/C14H8F3NOS2/c15-14(16,17)12-7-9(8-21-12)19-13-5-1-3-10(18-13)11-4-2-6-20-11/h1-8H. The van der Waals surface area contributed by atoms with E-state index in [1.165, 1.54) is 16.7 Å². The highest BCUT2D eigenvalue weighted by Gasteiger charge is 2.32. The van der Waals surface area contributed by atoms with Crippen molar-refractivity contribution in [1.29, 1.82) is 0 Å². The third kappa shape index (κ3) is 3.25. The van der Waals surface area contributed by atoms with Crippen molar-refractivity contribution in [2.24, 2.45) is 0 Å². The maximum absolute atomic E-state index is 12.5. The van der Waals surface area contributed by atoms with E-state index in [9.17, 15) is 13.2 Å². The second kappa shape index (κ2) is 5.50. The Morgan fingerprint density at radius 1 is 1.05 bits per heavy atom. The smallest absolute Gasteiger partial charge is 0.425 e. The molecule has 0 aromatic carbocycles. The van der Waals surface area contributed by atoms with E-state index in [2.05, 4.69) is 4.98 Å². The molecule has 21 heavy (non-hydrogen) atoms. The summed E-state index contributed by atoms with van der Waals surface area (Å²) in [5.74, 6) is 0.413. The van der Waals surface area contributed by atoms with Gasteiger partial charge in [-0.1, -0.05) is 12.1 Å². The average Bonchev–Trinajstić information content (AvgIpc) is 3.09. The number of hydrogen-bond acceptors (Lipinski definition) is 4. The molecule has 0 aliphatic heterocycles. The van der Waals surface area contributed by atoms with Crippen LogP contribution >= 0.6 is 22.7 Å². The van der Waals surface area contributed by atoms with Gasteiger partial charge in [-0.25, -0.2) is 4.98 Å². The maximum atomic E-state index is 12.5. The Morgan fingerprint density at radius 2 is 1.90 bits per heavy atom. The van der Waals surface area contributed by atoms with Gasteiger partial charge in [-0.15, -0.1) is 22.7 Å². The van der Waals surface area contributed by atoms with Crippen LogP contribution in [0.25, 0.3) is 10.6 Å². The average molecular weight is 327 g/mol. The molecule has 0 aliphatic rings. The van der Waals surface area contributed by atoms with Crippen molar-refractivity contribution in [2.45, 2.75) is 6.18 Å². The Labute approximate surface area is 126 Å². The van der Waals surface area contributed by atoms with Crippen LogP contribution in [0, 0.1) is 0 Å². The molecule has 0 aliphatic carbocycles. The highest BCUT2D eigenvalue weighted by atomic mass is 32.1. The number of halogens is 3. The van der Waals surface area contributed by atoms with Gasteiger partial charge in [0.1, 0.15) is 10.6 Å². The fraction of sp³-hybridized carbons (Fsp3) is 0.0714. The van der Waals surface area contributed by atoms with Crippen LogP contribution in [-0.2, 0) is 6.18 Å². The number of aromatic nitrogens is 1. The molecule has 3 aromatic rings. The fourth-order valence-corrected chi connectivity index (χ4v) is 3.05.